The molecule has 2 aromatic carbocycles. The first-order valence-electron chi connectivity index (χ1n) is 8.97. The lowest BCUT2D eigenvalue weighted by molar-refractivity contribution is 0.0269. The Balaban J connectivity index is 1.86. The van der Waals surface area contributed by atoms with Crippen LogP contribution in [0.5, 0.6) is 0 Å². The number of ether oxygens (including phenoxy) is 1. The average molecular weight is 515 g/mol. The summed E-state index contributed by atoms with van der Waals surface area (Å²) in [5, 5.41) is 0. The van der Waals surface area contributed by atoms with Crippen LogP contribution >= 0.6 is 31.9 Å². The maximum atomic E-state index is 13.4. The number of aryl methyl sites for hydroxylation is 1. The van der Waals surface area contributed by atoms with Gasteiger partial charge in [-0.15, -0.1) is 0 Å². The second-order valence-corrected chi connectivity index (χ2v) is 12.5. The SMILES string of the molecule is CCOC12c3ccccc3N(S(=O)(=O)c3ccc(C)cc3)CCC1C2(Br)Br. The number of hydrogen-bond acceptors (Lipinski definition) is 3. The molecule has 4 nitrogen and oxygen atoms in total. The lowest BCUT2D eigenvalue weighted by Crippen LogP contribution is -2.33. The summed E-state index contributed by atoms with van der Waals surface area (Å²) in [6.07, 6.45) is 0.691. The van der Waals surface area contributed by atoms with Gasteiger partial charge in [0.05, 0.1) is 10.6 Å². The summed E-state index contributed by atoms with van der Waals surface area (Å²) < 4.78 is 34.2. The van der Waals surface area contributed by atoms with Gasteiger partial charge in [0, 0.05) is 24.6 Å². The van der Waals surface area contributed by atoms with Gasteiger partial charge in [0.15, 0.2) is 0 Å². The first-order valence-corrected chi connectivity index (χ1v) is 12.0. The van der Waals surface area contributed by atoms with Gasteiger partial charge in [-0.05, 0) is 38.5 Å². The minimum absolute atomic E-state index is 0.143. The Morgan fingerprint density at radius 2 is 1.81 bits per heavy atom. The maximum Gasteiger partial charge on any atom is 0.264 e. The summed E-state index contributed by atoms with van der Waals surface area (Å²) in [6, 6.07) is 14.7. The van der Waals surface area contributed by atoms with Crippen molar-refractivity contribution in [2.24, 2.45) is 5.92 Å². The van der Waals surface area contributed by atoms with Crippen LogP contribution in [0.15, 0.2) is 53.4 Å². The number of hydrogen-bond donors (Lipinski definition) is 0. The van der Waals surface area contributed by atoms with Crippen LogP contribution in [0.3, 0.4) is 0 Å². The number of nitrogens with zero attached hydrogens (tertiary/aromatic N) is 1. The fraction of sp³-hybridized carbons (Fsp3) is 0.400. The van der Waals surface area contributed by atoms with Crippen LogP contribution < -0.4 is 4.31 Å². The van der Waals surface area contributed by atoms with Crippen LogP contribution in [0.4, 0.5) is 5.69 Å². The van der Waals surface area contributed by atoms with Crippen LogP contribution in [-0.4, -0.2) is 24.8 Å². The lowest BCUT2D eigenvalue weighted by Gasteiger charge is -2.28. The average Bonchev–Trinajstić information content (AvgIpc) is 3.16. The minimum Gasteiger partial charge on any atom is -0.368 e. The second kappa shape index (κ2) is 6.58. The van der Waals surface area contributed by atoms with E-state index in [2.05, 4.69) is 31.9 Å². The number of anilines is 1. The van der Waals surface area contributed by atoms with Gasteiger partial charge in [0.25, 0.3) is 10.0 Å². The quantitative estimate of drug-likeness (QED) is 0.543. The summed E-state index contributed by atoms with van der Waals surface area (Å²) in [7, 11) is -3.65. The van der Waals surface area contributed by atoms with Crippen molar-refractivity contribution >= 4 is 47.6 Å². The van der Waals surface area contributed by atoms with E-state index in [1.807, 2.05) is 50.2 Å². The van der Waals surface area contributed by atoms with Gasteiger partial charge in [-0.1, -0.05) is 67.8 Å². The third kappa shape index (κ3) is 2.73. The highest BCUT2D eigenvalue weighted by atomic mass is 79.9. The van der Waals surface area contributed by atoms with E-state index in [9.17, 15) is 8.42 Å². The summed E-state index contributed by atoms with van der Waals surface area (Å²) in [4.78, 5) is 0.313. The van der Waals surface area contributed by atoms with E-state index in [4.69, 9.17) is 4.74 Å². The summed E-state index contributed by atoms with van der Waals surface area (Å²) in [5.74, 6) is 0.143. The Bertz CT molecular complexity index is 975. The topological polar surface area (TPSA) is 46.6 Å². The predicted molar refractivity (Wildman–Crippen MR) is 114 cm³/mol. The Hall–Kier alpha value is -0.890. The molecule has 0 amide bonds. The van der Waals surface area contributed by atoms with Crippen molar-refractivity contribution in [1.29, 1.82) is 0 Å². The molecule has 2 aliphatic rings. The Morgan fingerprint density at radius 1 is 1.15 bits per heavy atom. The summed E-state index contributed by atoms with van der Waals surface area (Å²) in [5.41, 5.74) is 2.05. The van der Waals surface area contributed by atoms with E-state index in [1.165, 1.54) is 4.31 Å². The molecule has 0 spiro atoms. The molecule has 1 aliphatic heterocycles. The summed E-state index contributed by atoms with van der Waals surface area (Å²) >= 11 is 7.58. The van der Waals surface area contributed by atoms with Crippen molar-refractivity contribution in [1.82, 2.24) is 0 Å². The standard InChI is InChI=1S/C20H21Br2NO3S/c1-3-26-19-16-6-4-5-7-17(16)23(13-12-18(19)20(19,21)22)27(24,25)15-10-8-14(2)9-11-15/h4-11,18H,3,12-13H2,1-2H3. The van der Waals surface area contributed by atoms with Gasteiger partial charge < -0.3 is 4.74 Å². The van der Waals surface area contributed by atoms with Crippen molar-refractivity contribution in [3.05, 3.63) is 59.7 Å². The maximum absolute atomic E-state index is 13.4. The number of rotatable bonds is 4. The van der Waals surface area contributed by atoms with Gasteiger partial charge in [0.2, 0.25) is 0 Å². The van der Waals surface area contributed by atoms with Gasteiger partial charge >= 0.3 is 0 Å². The first kappa shape index (κ1) is 19.4. The monoisotopic (exact) mass is 513 g/mol. The van der Waals surface area contributed by atoms with Gasteiger partial charge in [-0.2, -0.15) is 0 Å². The van der Waals surface area contributed by atoms with Crippen LogP contribution in [-0.2, 0) is 20.4 Å². The van der Waals surface area contributed by atoms with Crippen molar-refractivity contribution in [3.8, 4) is 0 Å². The van der Waals surface area contributed by atoms with E-state index >= 15 is 0 Å². The van der Waals surface area contributed by atoms with Crippen molar-refractivity contribution < 1.29 is 13.2 Å². The number of halogens is 2. The van der Waals surface area contributed by atoms with E-state index in [0.717, 1.165) is 11.1 Å². The molecule has 1 saturated carbocycles. The van der Waals surface area contributed by atoms with E-state index in [1.54, 1.807) is 12.1 Å². The second-order valence-electron chi connectivity index (χ2n) is 7.04. The molecule has 0 saturated heterocycles. The number of sulfonamides is 1. The van der Waals surface area contributed by atoms with Crippen molar-refractivity contribution in [2.75, 3.05) is 17.5 Å². The fourth-order valence-corrected chi connectivity index (χ4v) is 7.74. The Morgan fingerprint density at radius 3 is 2.48 bits per heavy atom. The van der Waals surface area contributed by atoms with Gasteiger partial charge in [-0.25, -0.2) is 8.42 Å². The predicted octanol–water partition coefficient (Wildman–Crippen LogP) is 4.94. The van der Waals surface area contributed by atoms with Crippen LogP contribution in [0.25, 0.3) is 0 Å². The lowest BCUT2D eigenvalue weighted by atomic mass is 10.0. The van der Waals surface area contributed by atoms with Crippen LogP contribution in [0.2, 0.25) is 0 Å². The molecule has 2 unspecified atom stereocenters. The number of alkyl halides is 2. The Kier molecular flexibility index (Phi) is 4.73. The van der Waals surface area contributed by atoms with Crippen molar-refractivity contribution in [3.63, 3.8) is 0 Å². The molecule has 1 fully saturated rings. The third-order valence-electron chi connectivity index (χ3n) is 5.51. The molecule has 0 N–H and O–H groups in total. The van der Waals surface area contributed by atoms with Crippen molar-refractivity contribution in [2.45, 2.75) is 34.0 Å². The molecule has 144 valence electrons. The normalized spacial score (nSPS) is 26.1. The van der Waals surface area contributed by atoms with E-state index < -0.39 is 15.6 Å². The molecule has 2 aromatic rings. The molecule has 0 bridgehead atoms. The zero-order valence-corrected chi connectivity index (χ0v) is 19.1. The number of benzene rings is 2. The van der Waals surface area contributed by atoms with Crippen LogP contribution in [0.1, 0.15) is 24.5 Å². The first-order chi connectivity index (χ1) is 12.8. The number of para-hydroxylation sites is 1. The zero-order valence-electron chi connectivity index (χ0n) is 15.2. The molecule has 0 radical (unpaired) electrons. The molecule has 27 heavy (non-hydrogen) atoms. The number of fused-ring (bicyclic) bond motifs is 3. The van der Waals surface area contributed by atoms with E-state index in [0.29, 0.717) is 30.2 Å². The highest BCUT2D eigenvalue weighted by Crippen LogP contribution is 2.75. The highest BCUT2D eigenvalue weighted by molar-refractivity contribution is 9.25. The summed E-state index contributed by atoms with van der Waals surface area (Å²) in [6.45, 7) is 4.87. The highest BCUT2D eigenvalue weighted by Gasteiger charge is 2.78. The molecular weight excluding hydrogens is 494 g/mol. The molecule has 7 heteroatoms. The van der Waals surface area contributed by atoms with Crippen LogP contribution in [0, 0.1) is 12.8 Å². The zero-order chi connectivity index (χ0) is 19.4. The fourth-order valence-electron chi connectivity index (χ4n) is 4.16. The molecule has 1 heterocycles. The molecule has 2 atom stereocenters. The third-order valence-corrected chi connectivity index (χ3v) is 9.63. The molecular formula is C20H21Br2NO3S. The molecule has 0 aromatic heterocycles. The minimum atomic E-state index is -3.65. The Labute approximate surface area is 177 Å². The smallest absolute Gasteiger partial charge is 0.264 e. The van der Waals surface area contributed by atoms with Gasteiger partial charge in [0.1, 0.15) is 8.83 Å². The molecule has 1 aliphatic carbocycles. The van der Waals surface area contributed by atoms with Gasteiger partial charge in [-0.3, -0.25) is 4.31 Å². The van der Waals surface area contributed by atoms with E-state index in [-0.39, 0.29) is 9.15 Å². The molecule has 4 rings (SSSR count). The largest absolute Gasteiger partial charge is 0.368 e.